The smallest absolute Gasteiger partial charge is 0.251 e. The third-order valence-corrected chi connectivity index (χ3v) is 11.1. The Morgan fingerprint density at radius 2 is 1.01 bits per heavy atom. The summed E-state index contributed by atoms with van der Waals surface area (Å²) in [6.07, 6.45) is 4.09. The van der Waals surface area contributed by atoms with Crippen LogP contribution >= 0.6 is 11.6 Å². The van der Waals surface area contributed by atoms with Crippen LogP contribution in [0.1, 0.15) is 38.8 Å². The SMILES string of the molecule is CCOc1ccc(CCNC(=O)c2cc(-c3cc(F)ccc3OC)cc(-n3cnnn3)c2)cc1OC.COc1ccc(CCNC(=O)c2cc(-c3cc(Cl)ccc3OC)cc(-n3cnnn3)c2)cc1OC. The van der Waals surface area contributed by atoms with E-state index in [4.69, 9.17) is 40.0 Å². The second-order valence-corrected chi connectivity index (χ2v) is 15.8. The normalized spacial score (nSPS) is 10.6. The molecule has 0 spiro atoms. The van der Waals surface area contributed by atoms with E-state index in [2.05, 4.69) is 41.7 Å². The number of methoxy groups -OCH3 is 5. The van der Waals surface area contributed by atoms with Gasteiger partial charge in [0.25, 0.3) is 11.8 Å². The molecule has 0 saturated carbocycles. The van der Waals surface area contributed by atoms with Crippen molar-refractivity contribution in [3.63, 3.8) is 0 Å². The van der Waals surface area contributed by atoms with E-state index in [9.17, 15) is 14.0 Å². The molecule has 0 unspecified atom stereocenters. The number of nitrogens with zero attached hydrogens (tertiary/aromatic N) is 8. The number of hydrogen-bond donors (Lipinski definition) is 2. The molecule has 366 valence electrons. The third kappa shape index (κ3) is 12.7. The highest BCUT2D eigenvalue weighted by molar-refractivity contribution is 6.31. The topological polar surface area (TPSA) is 201 Å². The van der Waals surface area contributed by atoms with Crippen LogP contribution in [0.4, 0.5) is 4.39 Å². The fourth-order valence-electron chi connectivity index (χ4n) is 7.45. The third-order valence-electron chi connectivity index (χ3n) is 10.9. The van der Waals surface area contributed by atoms with E-state index in [-0.39, 0.29) is 11.8 Å². The standard InChI is InChI=1S/C26H26FN5O4.C25H24ClN5O4/c1-4-36-24-7-5-17(11-25(24)35-3)9-10-28-26(33)19-12-18(13-21(14-19)32-16-29-30-31-32)22-15-20(27)6-8-23(22)34-2;1-33-22-7-5-19(26)14-21(22)17-11-18(13-20(12-17)31-15-28-29-30-31)25(32)27-9-8-16-4-6-23(34-2)24(10-16)35-3/h5-8,11-16H,4,9-10H2,1-3H3,(H,28,33);4-7,10-15H,8-9H2,1-3H3,(H,27,32). The van der Waals surface area contributed by atoms with Gasteiger partial charge in [-0.2, -0.15) is 0 Å². The van der Waals surface area contributed by atoms with E-state index in [1.807, 2.05) is 49.4 Å². The largest absolute Gasteiger partial charge is 0.496 e. The number of hydrogen-bond acceptors (Lipinski definition) is 14. The Morgan fingerprint density at radius 1 is 0.549 bits per heavy atom. The highest BCUT2D eigenvalue weighted by Gasteiger charge is 2.17. The molecule has 0 radical (unpaired) electrons. The van der Waals surface area contributed by atoms with Gasteiger partial charge in [-0.1, -0.05) is 23.7 Å². The monoisotopic (exact) mass is 984 g/mol. The first-order valence-electron chi connectivity index (χ1n) is 22.1. The van der Waals surface area contributed by atoms with Gasteiger partial charge in [0.05, 0.1) is 53.5 Å². The molecule has 6 aromatic carbocycles. The van der Waals surface area contributed by atoms with Crippen molar-refractivity contribution in [3.8, 4) is 68.1 Å². The number of halogens is 2. The van der Waals surface area contributed by atoms with Crippen LogP contribution in [0.3, 0.4) is 0 Å². The first-order chi connectivity index (χ1) is 34.5. The molecule has 71 heavy (non-hydrogen) atoms. The van der Waals surface area contributed by atoms with E-state index in [0.717, 1.165) is 22.3 Å². The van der Waals surface area contributed by atoms with E-state index in [1.165, 1.54) is 41.3 Å². The van der Waals surface area contributed by atoms with E-state index in [1.54, 1.807) is 83.0 Å². The van der Waals surface area contributed by atoms with Gasteiger partial charge < -0.3 is 39.1 Å². The van der Waals surface area contributed by atoms with E-state index in [0.29, 0.717) is 106 Å². The molecular formula is C51H50ClFN10O8. The zero-order chi connectivity index (χ0) is 50.3. The second-order valence-electron chi connectivity index (χ2n) is 15.4. The summed E-state index contributed by atoms with van der Waals surface area (Å²) in [5.74, 6) is 2.77. The zero-order valence-electron chi connectivity index (χ0n) is 39.7. The Kier molecular flexibility index (Phi) is 17.1. The molecule has 2 heterocycles. The maximum absolute atomic E-state index is 14.1. The summed E-state index contributed by atoms with van der Waals surface area (Å²) in [4.78, 5) is 26.2. The lowest BCUT2D eigenvalue weighted by molar-refractivity contribution is 0.0946. The highest BCUT2D eigenvalue weighted by Crippen LogP contribution is 2.36. The van der Waals surface area contributed by atoms with Crippen molar-refractivity contribution in [1.29, 1.82) is 0 Å². The zero-order valence-corrected chi connectivity index (χ0v) is 40.4. The number of rotatable bonds is 19. The quantitative estimate of drug-likeness (QED) is 0.0794. The fraction of sp³-hybridized carbons (Fsp3) is 0.216. The van der Waals surface area contributed by atoms with Crippen LogP contribution in [0, 0.1) is 5.82 Å². The van der Waals surface area contributed by atoms with Crippen molar-refractivity contribution < 1.29 is 42.4 Å². The molecule has 0 aliphatic heterocycles. The maximum Gasteiger partial charge on any atom is 0.251 e. The van der Waals surface area contributed by atoms with Crippen LogP contribution in [-0.4, -0.2) is 107 Å². The van der Waals surface area contributed by atoms with Crippen LogP contribution in [-0.2, 0) is 12.8 Å². The first-order valence-corrected chi connectivity index (χ1v) is 22.4. The van der Waals surface area contributed by atoms with Gasteiger partial charge in [0.2, 0.25) is 0 Å². The number of carbonyl (C=O) groups excluding carboxylic acids is 2. The Morgan fingerprint density at radius 3 is 1.49 bits per heavy atom. The van der Waals surface area contributed by atoms with Crippen molar-refractivity contribution in [2.75, 3.05) is 55.2 Å². The molecule has 2 N–H and O–H groups in total. The summed E-state index contributed by atoms with van der Waals surface area (Å²) in [6, 6.07) is 31.4. The van der Waals surface area contributed by atoms with Gasteiger partial charge in [-0.15, -0.1) is 10.2 Å². The Labute approximate surface area is 413 Å². The van der Waals surface area contributed by atoms with E-state index >= 15 is 0 Å². The average molecular weight is 985 g/mol. The van der Waals surface area contributed by atoms with Crippen LogP contribution in [0.5, 0.6) is 34.5 Å². The molecule has 20 heteroatoms. The second kappa shape index (κ2) is 24.1. The van der Waals surface area contributed by atoms with Gasteiger partial charge in [-0.3, -0.25) is 9.59 Å². The summed E-state index contributed by atoms with van der Waals surface area (Å²) in [7, 11) is 7.86. The summed E-state index contributed by atoms with van der Waals surface area (Å²) >= 11 is 6.24. The number of aromatic nitrogens is 8. The van der Waals surface area contributed by atoms with Crippen molar-refractivity contribution in [3.05, 3.63) is 155 Å². The molecule has 0 aliphatic rings. The highest BCUT2D eigenvalue weighted by atomic mass is 35.5. The number of amides is 2. The van der Waals surface area contributed by atoms with Gasteiger partial charge in [0.1, 0.15) is 30.0 Å². The summed E-state index contributed by atoms with van der Waals surface area (Å²) < 4.78 is 49.5. The van der Waals surface area contributed by atoms with Crippen LogP contribution in [0.25, 0.3) is 33.6 Å². The lowest BCUT2D eigenvalue weighted by Crippen LogP contribution is -2.26. The maximum atomic E-state index is 14.1. The minimum atomic E-state index is -0.421. The van der Waals surface area contributed by atoms with Gasteiger partial charge in [-0.25, -0.2) is 13.8 Å². The predicted molar refractivity (Wildman–Crippen MR) is 263 cm³/mol. The minimum absolute atomic E-state index is 0.234. The molecule has 0 aliphatic carbocycles. The van der Waals surface area contributed by atoms with Crippen LogP contribution in [0.15, 0.2) is 122 Å². The number of carbonyl (C=O) groups is 2. The van der Waals surface area contributed by atoms with Gasteiger partial charge in [-0.05, 0) is 160 Å². The molecule has 0 saturated heterocycles. The summed E-state index contributed by atoms with van der Waals surface area (Å²) in [5, 5.41) is 29.1. The van der Waals surface area contributed by atoms with Crippen molar-refractivity contribution in [2.45, 2.75) is 19.8 Å². The van der Waals surface area contributed by atoms with Crippen LogP contribution in [0.2, 0.25) is 5.02 Å². The molecule has 0 bridgehead atoms. The number of benzene rings is 6. The first kappa shape index (κ1) is 50.3. The Bertz CT molecular complexity index is 3090. The minimum Gasteiger partial charge on any atom is -0.496 e. The van der Waals surface area contributed by atoms with E-state index < -0.39 is 5.82 Å². The lowest BCUT2D eigenvalue weighted by Gasteiger charge is -2.13. The number of tetrazole rings is 2. The van der Waals surface area contributed by atoms with Crippen LogP contribution < -0.4 is 39.1 Å². The Hall–Kier alpha value is -8.58. The molecule has 8 aromatic rings. The molecular weight excluding hydrogens is 935 g/mol. The lowest BCUT2D eigenvalue weighted by atomic mass is 10.0. The van der Waals surface area contributed by atoms with Gasteiger partial charge >= 0.3 is 0 Å². The van der Waals surface area contributed by atoms with Gasteiger partial charge in [0, 0.05) is 40.4 Å². The van der Waals surface area contributed by atoms with Crippen molar-refractivity contribution in [2.24, 2.45) is 0 Å². The predicted octanol–water partition coefficient (Wildman–Crippen LogP) is 7.84. The van der Waals surface area contributed by atoms with Crippen molar-refractivity contribution in [1.82, 2.24) is 51.0 Å². The molecule has 2 amide bonds. The summed E-state index contributed by atoms with van der Waals surface area (Å²) in [5.41, 5.74) is 6.55. The number of ether oxygens (including phenoxy) is 6. The summed E-state index contributed by atoms with van der Waals surface area (Å²) in [6.45, 7) is 3.27. The molecule has 8 rings (SSSR count). The molecule has 2 aromatic heterocycles. The Balaban J connectivity index is 0.000000209. The van der Waals surface area contributed by atoms with Gasteiger partial charge in [0.15, 0.2) is 23.0 Å². The molecule has 0 atom stereocenters. The fourth-order valence-corrected chi connectivity index (χ4v) is 7.63. The number of nitrogens with one attached hydrogen (secondary N) is 2. The molecule has 18 nitrogen and oxygen atoms in total. The average Bonchev–Trinajstić information content (AvgIpc) is 4.16. The van der Waals surface area contributed by atoms with Crippen molar-refractivity contribution >= 4 is 23.4 Å². The molecule has 0 fully saturated rings.